The summed E-state index contributed by atoms with van der Waals surface area (Å²) >= 11 is 0. The first-order chi connectivity index (χ1) is 16.8. The Morgan fingerprint density at radius 3 is 2.34 bits per heavy atom. The number of fused-ring (bicyclic) bond motifs is 1. The number of ketones is 1. The minimum Gasteiger partial charge on any atom is -0.305 e. The normalized spacial score (nSPS) is 16.3. The van der Waals surface area contributed by atoms with Crippen molar-refractivity contribution in [1.29, 1.82) is 0 Å². The van der Waals surface area contributed by atoms with Gasteiger partial charge in [-0.15, -0.1) is 0 Å². The lowest BCUT2D eigenvalue weighted by atomic mass is 10.00. The van der Waals surface area contributed by atoms with E-state index in [9.17, 15) is 18.0 Å². The molecule has 0 aliphatic carbocycles. The van der Waals surface area contributed by atoms with Crippen LogP contribution in [-0.2, 0) is 21.2 Å². The zero-order chi connectivity index (χ0) is 24.7. The quantitative estimate of drug-likeness (QED) is 0.402. The molecule has 8 nitrogen and oxygen atoms in total. The van der Waals surface area contributed by atoms with Crippen LogP contribution in [0.25, 0.3) is 5.69 Å². The zero-order valence-electron chi connectivity index (χ0n) is 19.9. The molecular weight excluding hydrogens is 464 g/mol. The molecule has 3 heterocycles. The van der Waals surface area contributed by atoms with E-state index in [1.165, 1.54) is 9.21 Å². The van der Waals surface area contributed by atoms with Gasteiger partial charge in [-0.1, -0.05) is 18.2 Å². The van der Waals surface area contributed by atoms with Gasteiger partial charge in [0.15, 0.2) is 0 Å². The molecule has 9 heteroatoms. The molecule has 3 aromatic rings. The van der Waals surface area contributed by atoms with Gasteiger partial charge in [0.25, 0.3) is 11.7 Å². The van der Waals surface area contributed by atoms with Gasteiger partial charge in [0.1, 0.15) is 0 Å². The van der Waals surface area contributed by atoms with E-state index >= 15 is 0 Å². The summed E-state index contributed by atoms with van der Waals surface area (Å²) in [6, 6.07) is 14.3. The van der Waals surface area contributed by atoms with Crippen molar-refractivity contribution in [2.75, 3.05) is 24.5 Å². The number of amides is 1. The molecule has 2 aliphatic heterocycles. The van der Waals surface area contributed by atoms with Crippen LogP contribution in [0.3, 0.4) is 0 Å². The number of rotatable bonds is 5. The van der Waals surface area contributed by atoms with Crippen LogP contribution >= 0.6 is 0 Å². The topological polar surface area (TPSA) is 92.6 Å². The Morgan fingerprint density at radius 2 is 1.63 bits per heavy atom. The summed E-state index contributed by atoms with van der Waals surface area (Å²) < 4.78 is 29.2. The van der Waals surface area contributed by atoms with E-state index in [1.807, 2.05) is 30.3 Å². The van der Waals surface area contributed by atoms with E-state index < -0.39 is 21.7 Å². The Hall–Kier alpha value is -3.30. The molecule has 0 atom stereocenters. The molecule has 0 radical (unpaired) electrons. The molecule has 0 spiro atoms. The Morgan fingerprint density at radius 1 is 0.914 bits per heavy atom. The molecule has 0 unspecified atom stereocenters. The Kier molecular flexibility index (Phi) is 6.06. The summed E-state index contributed by atoms with van der Waals surface area (Å²) in [4.78, 5) is 28.5. The molecule has 0 saturated carbocycles. The second kappa shape index (κ2) is 9.05. The van der Waals surface area contributed by atoms with Gasteiger partial charge in [0.05, 0.1) is 27.5 Å². The summed E-state index contributed by atoms with van der Waals surface area (Å²) in [6.45, 7) is 4.99. The van der Waals surface area contributed by atoms with Crippen molar-refractivity contribution in [3.63, 3.8) is 0 Å². The lowest BCUT2D eigenvalue weighted by Gasteiger charge is -2.29. The molecule has 182 valence electrons. The van der Waals surface area contributed by atoms with Crippen molar-refractivity contribution >= 4 is 27.4 Å². The maximum absolute atomic E-state index is 13.4. The maximum atomic E-state index is 13.4. The number of aromatic nitrogens is 2. The Balaban J connectivity index is 1.45. The Bertz CT molecular complexity index is 1410. The fraction of sp³-hybridized carbons (Fsp3) is 0.346. The number of anilines is 1. The van der Waals surface area contributed by atoms with E-state index in [0.29, 0.717) is 55.1 Å². The fourth-order valence-electron chi connectivity index (χ4n) is 5.04. The molecular formula is C26H28N4O4S. The van der Waals surface area contributed by atoms with Crippen LogP contribution in [-0.4, -0.2) is 53.8 Å². The standard InChI is InChI=1S/C26H28N4O4S/c1-18-24(19(2)30(27-18)21-10-4-3-5-11-21)25(31)26(32)29-16-8-9-20-17-22(12-13-23(20)29)35(33,34)28-14-6-7-15-28/h3-5,10-13,17H,6-9,14-16H2,1-2H3. The summed E-state index contributed by atoms with van der Waals surface area (Å²) in [6.07, 6.45) is 3.05. The number of sulfonamides is 1. The SMILES string of the molecule is Cc1nn(-c2ccccc2)c(C)c1C(=O)C(=O)N1CCCc2cc(S(=O)(=O)N3CCCC3)ccc21. The first-order valence-corrected chi connectivity index (χ1v) is 13.3. The molecule has 1 amide bonds. The van der Waals surface area contributed by atoms with Crippen molar-refractivity contribution in [2.45, 2.75) is 44.4 Å². The third kappa shape index (κ3) is 4.08. The first kappa shape index (κ1) is 23.4. The molecule has 0 bridgehead atoms. The zero-order valence-corrected chi connectivity index (χ0v) is 20.7. The van der Waals surface area contributed by atoms with Gasteiger partial charge in [-0.25, -0.2) is 13.1 Å². The highest BCUT2D eigenvalue weighted by Gasteiger charge is 2.33. The average Bonchev–Trinajstić information content (AvgIpc) is 3.52. The maximum Gasteiger partial charge on any atom is 0.299 e. The monoisotopic (exact) mass is 492 g/mol. The van der Waals surface area contributed by atoms with Crippen molar-refractivity contribution in [3.05, 3.63) is 71.0 Å². The summed E-state index contributed by atoms with van der Waals surface area (Å²) in [5.74, 6) is -1.23. The number of benzene rings is 2. The minimum absolute atomic E-state index is 0.245. The number of aryl methyl sites for hydroxylation is 2. The molecule has 0 N–H and O–H groups in total. The van der Waals surface area contributed by atoms with Crippen LogP contribution < -0.4 is 4.90 Å². The van der Waals surface area contributed by atoms with E-state index in [2.05, 4.69) is 5.10 Å². The smallest absolute Gasteiger partial charge is 0.299 e. The number of Topliss-reactive ketones (excluding diaryl/α,β-unsaturated/α-hetero) is 1. The molecule has 5 rings (SSSR count). The highest BCUT2D eigenvalue weighted by Crippen LogP contribution is 2.32. The van der Waals surface area contributed by atoms with Gasteiger partial charge in [0.2, 0.25) is 10.0 Å². The number of nitrogens with zero attached hydrogens (tertiary/aromatic N) is 4. The summed E-state index contributed by atoms with van der Waals surface area (Å²) in [7, 11) is -3.55. The molecule has 1 fully saturated rings. The molecule has 2 aliphatic rings. The second-order valence-corrected chi connectivity index (χ2v) is 11.0. The van der Waals surface area contributed by atoms with E-state index in [-0.39, 0.29) is 4.90 Å². The predicted octanol–water partition coefficient (Wildman–Crippen LogP) is 3.44. The van der Waals surface area contributed by atoms with Gasteiger partial charge in [-0.3, -0.25) is 9.59 Å². The largest absolute Gasteiger partial charge is 0.305 e. The van der Waals surface area contributed by atoms with Crippen molar-refractivity contribution in [3.8, 4) is 5.69 Å². The van der Waals surface area contributed by atoms with Crippen molar-refractivity contribution in [2.24, 2.45) is 0 Å². The lowest BCUT2D eigenvalue weighted by Crippen LogP contribution is -2.40. The highest BCUT2D eigenvalue weighted by atomic mass is 32.2. The molecule has 35 heavy (non-hydrogen) atoms. The van der Waals surface area contributed by atoms with Gasteiger partial charge in [-0.2, -0.15) is 9.40 Å². The van der Waals surface area contributed by atoms with Gasteiger partial charge in [-0.05, 0) is 75.4 Å². The van der Waals surface area contributed by atoms with E-state index in [4.69, 9.17) is 0 Å². The van der Waals surface area contributed by atoms with Crippen LogP contribution in [0.2, 0.25) is 0 Å². The van der Waals surface area contributed by atoms with E-state index in [1.54, 1.807) is 36.7 Å². The van der Waals surface area contributed by atoms with Crippen molar-refractivity contribution < 1.29 is 18.0 Å². The van der Waals surface area contributed by atoms with Crippen LogP contribution in [0.5, 0.6) is 0 Å². The third-order valence-corrected chi connectivity index (χ3v) is 8.73. The van der Waals surface area contributed by atoms with Crippen LogP contribution in [0.1, 0.15) is 46.6 Å². The van der Waals surface area contributed by atoms with Crippen LogP contribution in [0.4, 0.5) is 5.69 Å². The third-order valence-electron chi connectivity index (χ3n) is 6.83. The Labute approximate surface area is 205 Å². The first-order valence-electron chi connectivity index (χ1n) is 11.9. The van der Waals surface area contributed by atoms with Crippen LogP contribution in [0, 0.1) is 13.8 Å². The van der Waals surface area contributed by atoms with Gasteiger partial charge in [0, 0.05) is 25.3 Å². The van der Waals surface area contributed by atoms with Gasteiger partial charge < -0.3 is 4.90 Å². The van der Waals surface area contributed by atoms with Crippen LogP contribution in [0.15, 0.2) is 53.4 Å². The minimum atomic E-state index is -3.55. The lowest BCUT2D eigenvalue weighted by molar-refractivity contribution is -0.114. The predicted molar refractivity (Wildman–Crippen MR) is 132 cm³/mol. The summed E-state index contributed by atoms with van der Waals surface area (Å²) in [5, 5.41) is 4.50. The van der Waals surface area contributed by atoms with E-state index in [0.717, 1.165) is 24.1 Å². The van der Waals surface area contributed by atoms with Gasteiger partial charge >= 0.3 is 0 Å². The summed E-state index contributed by atoms with van der Waals surface area (Å²) in [5.41, 5.74) is 3.59. The number of hydrogen-bond acceptors (Lipinski definition) is 5. The molecule has 1 saturated heterocycles. The number of para-hydroxylation sites is 1. The number of carbonyl (C=O) groups excluding carboxylic acids is 2. The molecule has 2 aromatic carbocycles. The fourth-order valence-corrected chi connectivity index (χ4v) is 6.61. The second-order valence-electron chi connectivity index (χ2n) is 9.08. The average molecular weight is 493 g/mol. The number of carbonyl (C=O) groups is 2. The molecule has 1 aromatic heterocycles. The highest BCUT2D eigenvalue weighted by molar-refractivity contribution is 7.89. The number of hydrogen-bond donors (Lipinski definition) is 0. The van der Waals surface area contributed by atoms with Crippen molar-refractivity contribution in [1.82, 2.24) is 14.1 Å².